The first kappa shape index (κ1) is 24.5. The topological polar surface area (TPSA) is 36.3 Å². The molecule has 0 bridgehead atoms. The fraction of sp³-hybridized carbons (Fsp3) is 0.241. The van der Waals surface area contributed by atoms with Crippen molar-refractivity contribution in [3.05, 3.63) is 106 Å². The van der Waals surface area contributed by atoms with Gasteiger partial charge in [-0.15, -0.1) is 0 Å². The number of pyridine rings is 1. The van der Waals surface area contributed by atoms with E-state index in [1.807, 2.05) is 18.3 Å². The van der Waals surface area contributed by atoms with Gasteiger partial charge in [0.1, 0.15) is 0 Å². The van der Waals surface area contributed by atoms with Gasteiger partial charge in [0.2, 0.25) is 0 Å². The van der Waals surface area contributed by atoms with Crippen molar-refractivity contribution in [3.63, 3.8) is 0 Å². The van der Waals surface area contributed by atoms with Gasteiger partial charge >= 0.3 is 0 Å². The second-order valence-corrected chi connectivity index (χ2v) is 10.7. The van der Waals surface area contributed by atoms with Crippen LogP contribution in [0, 0.1) is 20.8 Å². The van der Waals surface area contributed by atoms with E-state index < -0.39 is 0 Å². The van der Waals surface area contributed by atoms with Crippen molar-refractivity contribution in [3.8, 4) is 5.69 Å². The van der Waals surface area contributed by atoms with Crippen LogP contribution < -0.4 is 15.1 Å². The quantitative estimate of drug-likeness (QED) is 0.272. The van der Waals surface area contributed by atoms with Gasteiger partial charge in [-0.05, 0) is 105 Å². The molecule has 5 nitrogen and oxygen atoms in total. The summed E-state index contributed by atoms with van der Waals surface area (Å²) in [6.45, 7) is 6.47. The molecule has 2 aromatic carbocycles. The molecule has 0 saturated carbocycles. The number of hydrogen-bond acceptors (Lipinski definition) is 3. The number of nitrogens with one attached hydrogen (secondary N) is 1. The van der Waals surface area contributed by atoms with Crippen LogP contribution in [-0.4, -0.2) is 28.8 Å². The lowest BCUT2D eigenvalue weighted by Gasteiger charge is -2.28. The van der Waals surface area contributed by atoms with Gasteiger partial charge in [-0.25, -0.2) is 0 Å². The SMILES string of the molecule is Cc1cc(N2C(=S)N[C@H](c3ccccn3)[C@@H]2c2cc(C)n(-c3ccc(N(C)C)cc3)c2C)ccc1Br. The number of thiocarbonyl (C=S) groups is 1. The third-order valence-electron chi connectivity index (χ3n) is 6.93. The smallest absolute Gasteiger partial charge is 0.174 e. The minimum atomic E-state index is -0.0762. The van der Waals surface area contributed by atoms with Gasteiger partial charge in [0, 0.05) is 53.2 Å². The van der Waals surface area contributed by atoms with Gasteiger partial charge in [-0.2, -0.15) is 0 Å². The minimum Gasteiger partial charge on any atom is -0.378 e. The highest BCUT2D eigenvalue weighted by atomic mass is 79.9. The molecule has 184 valence electrons. The van der Waals surface area contributed by atoms with E-state index in [1.165, 1.54) is 28.2 Å². The second kappa shape index (κ2) is 9.71. The average Bonchev–Trinajstić information content (AvgIpc) is 3.36. The van der Waals surface area contributed by atoms with E-state index in [4.69, 9.17) is 17.2 Å². The largest absolute Gasteiger partial charge is 0.378 e. The fourth-order valence-corrected chi connectivity index (χ4v) is 5.70. The van der Waals surface area contributed by atoms with Crippen LogP contribution in [0.1, 0.15) is 40.3 Å². The maximum atomic E-state index is 5.93. The van der Waals surface area contributed by atoms with E-state index in [1.54, 1.807) is 0 Å². The lowest BCUT2D eigenvalue weighted by Crippen LogP contribution is -2.29. The Morgan fingerprint density at radius 3 is 2.31 bits per heavy atom. The number of aromatic nitrogens is 2. The number of hydrogen-bond donors (Lipinski definition) is 1. The zero-order valence-electron chi connectivity index (χ0n) is 21.2. The Bertz CT molecular complexity index is 1410. The van der Waals surface area contributed by atoms with E-state index in [0.717, 1.165) is 21.5 Å². The molecule has 0 aliphatic carbocycles. The molecule has 1 aliphatic heterocycles. The molecule has 36 heavy (non-hydrogen) atoms. The van der Waals surface area contributed by atoms with Crippen LogP contribution in [0.3, 0.4) is 0 Å². The van der Waals surface area contributed by atoms with Crippen LogP contribution in [0.4, 0.5) is 11.4 Å². The molecular weight excluding hydrogens is 530 g/mol. The van der Waals surface area contributed by atoms with Crippen molar-refractivity contribution in [2.75, 3.05) is 23.9 Å². The van der Waals surface area contributed by atoms with Crippen LogP contribution >= 0.6 is 28.1 Å². The zero-order valence-corrected chi connectivity index (χ0v) is 23.6. The van der Waals surface area contributed by atoms with Crippen molar-refractivity contribution in [2.24, 2.45) is 0 Å². The first-order chi connectivity index (χ1) is 17.3. The number of rotatable bonds is 5. The van der Waals surface area contributed by atoms with E-state index in [0.29, 0.717) is 5.11 Å². The Labute approximate surface area is 226 Å². The molecule has 0 radical (unpaired) electrons. The van der Waals surface area contributed by atoms with Crippen LogP contribution in [0.25, 0.3) is 5.69 Å². The molecule has 1 fully saturated rings. The summed E-state index contributed by atoms with van der Waals surface area (Å²) in [5, 5.41) is 4.29. The lowest BCUT2D eigenvalue weighted by molar-refractivity contribution is 0.565. The standard InChI is InChI=1S/C29H30BrN5S/c1-18-16-23(13-14-25(18)30)35-28(27(32-29(35)36)26-8-6-7-15-31-26)24-17-19(2)34(20(24)3)22-11-9-21(10-12-22)33(4)5/h6-17,27-28H,1-5H3,(H,32,36)/t27-,28+/m1/s1. The number of benzene rings is 2. The minimum absolute atomic E-state index is 0.0472. The monoisotopic (exact) mass is 559 g/mol. The maximum absolute atomic E-state index is 5.93. The zero-order chi connectivity index (χ0) is 25.6. The molecule has 5 rings (SSSR count). The third kappa shape index (κ3) is 4.31. The Kier molecular flexibility index (Phi) is 6.62. The Hall–Kier alpha value is -3.16. The van der Waals surface area contributed by atoms with E-state index in [-0.39, 0.29) is 12.1 Å². The van der Waals surface area contributed by atoms with Gasteiger partial charge in [0.25, 0.3) is 0 Å². The summed E-state index contributed by atoms with van der Waals surface area (Å²) in [6.07, 6.45) is 1.85. The Morgan fingerprint density at radius 1 is 0.944 bits per heavy atom. The normalized spacial score (nSPS) is 17.4. The maximum Gasteiger partial charge on any atom is 0.174 e. The molecule has 0 amide bonds. The molecule has 4 aromatic rings. The van der Waals surface area contributed by atoms with E-state index in [9.17, 15) is 0 Å². The molecule has 0 unspecified atom stereocenters. The number of nitrogens with zero attached hydrogens (tertiary/aromatic N) is 4. The highest BCUT2D eigenvalue weighted by Gasteiger charge is 2.42. The fourth-order valence-electron chi connectivity index (χ4n) is 5.11. The summed E-state index contributed by atoms with van der Waals surface area (Å²) < 4.78 is 3.41. The van der Waals surface area contributed by atoms with Crippen LogP contribution in [-0.2, 0) is 0 Å². The number of halogens is 1. The molecule has 2 atom stereocenters. The lowest BCUT2D eigenvalue weighted by atomic mass is 9.96. The molecule has 0 spiro atoms. The van der Waals surface area contributed by atoms with Gasteiger partial charge in [0.15, 0.2) is 5.11 Å². The Morgan fingerprint density at radius 2 is 1.67 bits per heavy atom. The summed E-state index contributed by atoms with van der Waals surface area (Å²) in [6, 6.07) is 23.3. The summed E-state index contributed by atoms with van der Waals surface area (Å²) in [5.41, 5.74) is 9.15. The molecule has 1 N–H and O–H groups in total. The second-order valence-electron chi connectivity index (χ2n) is 9.50. The highest BCUT2D eigenvalue weighted by Crippen LogP contribution is 2.44. The summed E-state index contributed by atoms with van der Waals surface area (Å²) >= 11 is 9.57. The van der Waals surface area contributed by atoms with Crippen LogP contribution in [0.2, 0.25) is 0 Å². The van der Waals surface area contributed by atoms with Crippen LogP contribution in [0.5, 0.6) is 0 Å². The van der Waals surface area contributed by atoms with E-state index in [2.05, 4.69) is 125 Å². The van der Waals surface area contributed by atoms with Crippen LogP contribution in [0.15, 0.2) is 77.4 Å². The number of aryl methyl sites for hydroxylation is 2. The van der Waals surface area contributed by atoms with Crippen molar-refractivity contribution in [1.29, 1.82) is 0 Å². The third-order valence-corrected chi connectivity index (χ3v) is 8.14. The van der Waals surface area contributed by atoms with Gasteiger partial charge in [-0.3, -0.25) is 4.98 Å². The summed E-state index contributed by atoms with van der Waals surface area (Å²) in [5.74, 6) is 0. The molecule has 2 aromatic heterocycles. The predicted octanol–water partition coefficient (Wildman–Crippen LogP) is 6.80. The summed E-state index contributed by atoms with van der Waals surface area (Å²) in [4.78, 5) is 9.07. The number of anilines is 2. The first-order valence-corrected chi connectivity index (χ1v) is 13.2. The van der Waals surface area contributed by atoms with E-state index >= 15 is 0 Å². The highest BCUT2D eigenvalue weighted by molar-refractivity contribution is 9.10. The van der Waals surface area contributed by atoms with Crippen molar-refractivity contribution < 1.29 is 0 Å². The average molecular weight is 561 g/mol. The molecule has 3 heterocycles. The molecule has 1 saturated heterocycles. The predicted molar refractivity (Wildman–Crippen MR) is 156 cm³/mol. The van der Waals surface area contributed by atoms with Crippen molar-refractivity contribution in [2.45, 2.75) is 32.9 Å². The van der Waals surface area contributed by atoms with Gasteiger partial charge in [-0.1, -0.05) is 22.0 Å². The Balaban J connectivity index is 1.65. The van der Waals surface area contributed by atoms with Gasteiger partial charge < -0.3 is 19.7 Å². The van der Waals surface area contributed by atoms with Crippen molar-refractivity contribution in [1.82, 2.24) is 14.9 Å². The van der Waals surface area contributed by atoms with Gasteiger partial charge in [0.05, 0.1) is 17.8 Å². The molecular formula is C29H30BrN5S. The first-order valence-electron chi connectivity index (χ1n) is 12.0. The summed E-state index contributed by atoms with van der Waals surface area (Å²) in [7, 11) is 4.12. The molecule has 1 aliphatic rings. The van der Waals surface area contributed by atoms with Crippen molar-refractivity contribution >= 4 is 44.6 Å². The molecule has 7 heteroatoms.